The second kappa shape index (κ2) is 5.78. The van der Waals surface area contributed by atoms with Crippen molar-refractivity contribution in [3.05, 3.63) is 46.8 Å². The van der Waals surface area contributed by atoms with Gasteiger partial charge in [-0.05, 0) is 49.4 Å². The zero-order valence-corrected chi connectivity index (χ0v) is 13.5. The first-order chi connectivity index (χ1) is 11.6. The average Bonchev–Trinajstić information content (AvgIpc) is 3.34. The molecule has 124 valence electrons. The monoisotopic (exact) mass is 325 g/mol. The van der Waals surface area contributed by atoms with Gasteiger partial charge >= 0.3 is 0 Å². The van der Waals surface area contributed by atoms with Crippen molar-refractivity contribution in [1.82, 2.24) is 10.1 Å². The Balaban J connectivity index is 1.50. The molecular formula is C18H19N3O3. The van der Waals surface area contributed by atoms with Crippen LogP contribution < -0.4 is 5.32 Å². The number of benzene rings is 1. The Morgan fingerprint density at radius 1 is 1.29 bits per heavy atom. The molecule has 1 aromatic carbocycles. The van der Waals surface area contributed by atoms with E-state index in [0.29, 0.717) is 17.9 Å². The molecule has 6 heteroatoms. The Hall–Kier alpha value is -2.63. The third-order valence-corrected chi connectivity index (χ3v) is 4.71. The second-order valence-corrected chi connectivity index (χ2v) is 6.52. The molecule has 0 spiro atoms. The lowest BCUT2D eigenvalue weighted by Gasteiger charge is -2.29. The molecule has 1 fully saturated rings. The highest BCUT2D eigenvalue weighted by Crippen LogP contribution is 2.33. The lowest BCUT2D eigenvalue weighted by atomic mass is 9.98. The van der Waals surface area contributed by atoms with Gasteiger partial charge < -0.3 is 14.7 Å². The van der Waals surface area contributed by atoms with Crippen molar-refractivity contribution in [2.45, 2.75) is 32.7 Å². The molecule has 6 nitrogen and oxygen atoms in total. The number of fused-ring (bicyclic) bond motifs is 1. The number of carbonyl (C=O) groups excluding carboxylic acids is 2. The van der Waals surface area contributed by atoms with Gasteiger partial charge in [-0.3, -0.25) is 9.59 Å². The number of rotatable bonds is 3. The van der Waals surface area contributed by atoms with E-state index in [2.05, 4.69) is 10.5 Å². The van der Waals surface area contributed by atoms with Gasteiger partial charge in [0, 0.05) is 24.7 Å². The van der Waals surface area contributed by atoms with E-state index in [1.807, 2.05) is 23.1 Å². The number of hydrogen-bond donors (Lipinski definition) is 1. The Bertz CT molecular complexity index is 808. The molecule has 1 N–H and O–H groups in total. The van der Waals surface area contributed by atoms with Crippen molar-refractivity contribution in [2.24, 2.45) is 5.92 Å². The Labute approximate surface area is 139 Å². The summed E-state index contributed by atoms with van der Waals surface area (Å²) in [6, 6.07) is 5.89. The first kappa shape index (κ1) is 14.9. The lowest BCUT2D eigenvalue weighted by molar-refractivity contribution is -0.133. The van der Waals surface area contributed by atoms with Crippen molar-refractivity contribution in [1.29, 1.82) is 0 Å². The number of nitrogens with one attached hydrogen (secondary N) is 1. The summed E-state index contributed by atoms with van der Waals surface area (Å²) >= 11 is 0. The highest BCUT2D eigenvalue weighted by molar-refractivity contribution is 6.04. The summed E-state index contributed by atoms with van der Waals surface area (Å²) in [6.45, 7) is 3.12. The molecular weight excluding hydrogens is 306 g/mol. The van der Waals surface area contributed by atoms with E-state index in [1.54, 1.807) is 6.92 Å². The summed E-state index contributed by atoms with van der Waals surface area (Å²) in [4.78, 5) is 26.5. The molecule has 1 aromatic heterocycles. The molecule has 2 aliphatic rings. The van der Waals surface area contributed by atoms with Crippen LogP contribution in [-0.2, 0) is 17.8 Å². The normalized spacial score (nSPS) is 16.6. The number of aromatic nitrogens is 1. The quantitative estimate of drug-likeness (QED) is 0.941. The Morgan fingerprint density at radius 3 is 2.83 bits per heavy atom. The summed E-state index contributed by atoms with van der Waals surface area (Å²) in [5.74, 6) is 0.767. The molecule has 1 saturated carbocycles. The van der Waals surface area contributed by atoms with Gasteiger partial charge in [-0.1, -0.05) is 11.2 Å². The van der Waals surface area contributed by atoms with E-state index < -0.39 is 0 Å². The van der Waals surface area contributed by atoms with Crippen LogP contribution in [-0.4, -0.2) is 28.4 Å². The van der Waals surface area contributed by atoms with Crippen molar-refractivity contribution >= 4 is 17.5 Å². The largest absolute Gasteiger partial charge is 0.361 e. The topological polar surface area (TPSA) is 75.4 Å². The fourth-order valence-electron chi connectivity index (χ4n) is 3.13. The van der Waals surface area contributed by atoms with Crippen molar-refractivity contribution in [3.63, 3.8) is 0 Å². The van der Waals surface area contributed by atoms with Gasteiger partial charge in [0.15, 0.2) is 0 Å². The number of carbonyl (C=O) groups is 2. The minimum Gasteiger partial charge on any atom is -0.361 e. The summed E-state index contributed by atoms with van der Waals surface area (Å²) in [7, 11) is 0. The summed E-state index contributed by atoms with van der Waals surface area (Å²) in [6.07, 6.45) is 4.33. The van der Waals surface area contributed by atoms with Crippen molar-refractivity contribution in [2.75, 3.05) is 11.9 Å². The SMILES string of the molecule is Cc1oncc1C(=O)Nc1ccc2c(c1)CN(C(=O)C1CC1)CC2. The van der Waals surface area contributed by atoms with Crippen LogP contribution in [0.15, 0.2) is 28.9 Å². The van der Waals surface area contributed by atoms with Crippen LogP contribution >= 0.6 is 0 Å². The van der Waals surface area contributed by atoms with Gasteiger partial charge in [-0.2, -0.15) is 0 Å². The standard InChI is InChI=1S/C18H19N3O3/c1-11-16(9-19-24-11)17(22)20-15-5-4-12-6-7-21(10-14(12)8-15)18(23)13-2-3-13/h4-5,8-9,13H,2-3,6-7,10H2,1H3,(H,20,22). The van der Waals surface area contributed by atoms with Gasteiger partial charge in [0.05, 0.1) is 6.20 Å². The number of hydrogen-bond acceptors (Lipinski definition) is 4. The smallest absolute Gasteiger partial charge is 0.260 e. The molecule has 1 aliphatic heterocycles. The van der Waals surface area contributed by atoms with E-state index in [4.69, 9.17) is 4.52 Å². The maximum atomic E-state index is 12.3. The Kier molecular flexibility index (Phi) is 3.59. The summed E-state index contributed by atoms with van der Waals surface area (Å²) in [5, 5.41) is 6.50. The first-order valence-electron chi connectivity index (χ1n) is 8.25. The molecule has 1 aliphatic carbocycles. The Morgan fingerprint density at radius 2 is 2.12 bits per heavy atom. The molecule has 0 atom stereocenters. The molecule has 0 saturated heterocycles. The van der Waals surface area contributed by atoms with Gasteiger partial charge in [0.1, 0.15) is 11.3 Å². The minimum absolute atomic E-state index is 0.240. The molecule has 2 aromatic rings. The van der Waals surface area contributed by atoms with Gasteiger partial charge in [-0.25, -0.2) is 0 Å². The highest BCUT2D eigenvalue weighted by atomic mass is 16.5. The summed E-state index contributed by atoms with van der Waals surface area (Å²) < 4.78 is 4.93. The zero-order valence-electron chi connectivity index (χ0n) is 13.5. The maximum Gasteiger partial charge on any atom is 0.260 e. The molecule has 2 amide bonds. The van der Waals surface area contributed by atoms with E-state index >= 15 is 0 Å². The van der Waals surface area contributed by atoms with Crippen LogP contribution in [0.4, 0.5) is 5.69 Å². The van der Waals surface area contributed by atoms with Crippen LogP contribution in [0.3, 0.4) is 0 Å². The van der Waals surface area contributed by atoms with Crippen LogP contribution in [0.2, 0.25) is 0 Å². The van der Waals surface area contributed by atoms with Crippen LogP contribution in [0.25, 0.3) is 0 Å². The van der Waals surface area contributed by atoms with Crippen molar-refractivity contribution < 1.29 is 14.1 Å². The molecule has 24 heavy (non-hydrogen) atoms. The van der Waals surface area contributed by atoms with Gasteiger partial charge in [-0.15, -0.1) is 0 Å². The maximum absolute atomic E-state index is 12.3. The third kappa shape index (κ3) is 2.79. The number of anilines is 1. The number of amides is 2. The molecule has 0 bridgehead atoms. The van der Waals surface area contributed by atoms with Gasteiger partial charge in [0.2, 0.25) is 5.91 Å². The molecule has 0 unspecified atom stereocenters. The zero-order chi connectivity index (χ0) is 16.7. The molecule has 0 radical (unpaired) electrons. The number of nitrogens with zero attached hydrogens (tertiary/aromatic N) is 2. The highest BCUT2D eigenvalue weighted by Gasteiger charge is 2.34. The first-order valence-corrected chi connectivity index (χ1v) is 8.25. The predicted molar refractivity (Wildman–Crippen MR) is 87.5 cm³/mol. The lowest BCUT2D eigenvalue weighted by Crippen LogP contribution is -2.36. The van der Waals surface area contributed by atoms with E-state index in [1.165, 1.54) is 11.8 Å². The fourth-order valence-corrected chi connectivity index (χ4v) is 3.13. The third-order valence-electron chi connectivity index (χ3n) is 4.71. The predicted octanol–water partition coefficient (Wildman–Crippen LogP) is 2.53. The van der Waals surface area contributed by atoms with Gasteiger partial charge in [0.25, 0.3) is 5.91 Å². The van der Waals surface area contributed by atoms with E-state index in [-0.39, 0.29) is 17.7 Å². The van der Waals surface area contributed by atoms with Crippen LogP contribution in [0.1, 0.15) is 40.1 Å². The van der Waals surface area contributed by atoms with Crippen LogP contribution in [0.5, 0.6) is 0 Å². The van der Waals surface area contributed by atoms with Crippen molar-refractivity contribution in [3.8, 4) is 0 Å². The fraction of sp³-hybridized carbons (Fsp3) is 0.389. The number of aryl methyl sites for hydroxylation is 1. The molecule has 4 rings (SSSR count). The second-order valence-electron chi connectivity index (χ2n) is 6.52. The van der Waals surface area contributed by atoms with E-state index in [0.717, 1.165) is 37.1 Å². The summed E-state index contributed by atoms with van der Waals surface area (Å²) in [5.41, 5.74) is 3.50. The minimum atomic E-state index is -0.240. The van der Waals surface area contributed by atoms with E-state index in [9.17, 15) is 9.59 Å². The molecule has 2 heterocycles. The average molecular weight is 325 g/mol. The van der Waals surface area contributed by atoms with Crippen LogP contribution in [0, 0.1) is 12.8 Å².